The van der Waals surface area contributed by atoms with Crippen molar-refractivity contribution in [1.29, 1.82) is 0 Å². The van der Waals surface area contributed by atoms with E-state index in [2.05, 4.69) is 46.7 Å². The number of benzene rings is 2. The largest absolute Gasteiger partial charge is 0.481 e. The van der Waals surface area contributed by atoms with Gasteiger partial charge in [-0.15, -0.1) is 0 Å². The molecule has 0 unspecified atom stereocenters. The number of nitrogen functional groups attached to an aromatic ring is 1. The third-order valence-electron chi connectivity index (χ3n) is 6.49. The number of fused-ring (bicyclic) bond motifs is 3. The van der Waals surface area contributed by atoms with E-state index in [1.165, 1.54) is 0 Å². The van der Waals surface area contributed by atoms with Crippen molar-refractivity contribution in [1.82, 2.24) is 15.0 Å². The highest BCUT2D eigenvalue weighted by atomic mass is 16.5. The number of H-pyrrole nitrogens is 1. The molecule has 4 heterocycles. The van der Waals surface area contributed by atoms with Gasteiger partial charge in [-0.25, -0.2) is 0 Å². The van der Waals surface area contributed by atoms with Crippen molar-refractivity contribution in [2.75, 3.05) is 39.4 Å². The van der Waals surface area contributed by atoms with E-state index in [0.29, 0.717) is 34.7 Å². The van der Waals surface area contributed by atoms with Crippen LogP contribution in [0.2, 0.25) is 0 Å². The first kappa shape index (κ1) is 21.8. The Balaban J connectivity index is 1.39. The van der Waals surface area contributed by atoms with Gasteiger partial charge in [-0.2, -0.15) is 9.97 Å². The maximum atomic E-state index is 11.9. The number of carbonyl (C=O) groups excluding carboxylic acids is 1. The molecule has 2 aliphatic rings. The van der Waals surface area contributed by atoms with E-state index < -0.39 is 0 Å². The molecule has 6 rings (SSSR count). The summed E-state index contributed by atoms with van der Waals surface area (Å²) in [5.74, 6) is 2.64. The van der Waals surface area contributed by atoms with Crippen molar-refractivity contribution < 1.29 is 9.53 Å². The first-order valence-electron chi connectivity index (χ1n) is 11.6. The van der Waals surface area contributed by atoms with E-state index >= 15 is 0 Å². The molecule has 0 saturated heterocycles. The van der Waals surface area contributed by atoms with E-state index in [4.69, 9.17) is 15.5 Å². The van der Waals surface area contributed by atoms with Crippen LogP contribution in [0, 0.1) is 0 Å². The van der Waals surface area contributed by atoms with Crippen LogP contribution in [0.5, 0.6) is 5.75 Å². The summed E-state index contributed by atoms with van der Waals surface area (Å²) in [7, 11) is 1.73. The second kappa shape index (κ2) is 7.91. The molecular weight excluding hydrogens is 456 g/mol. The molecule has 10 nitrogen and oxygen atoms in total. The fraction of sp³-hybridized carbons (Fsp3) is 0.192. The molecule has 182 valence electrons. The van der Waals surface area contributed by atoms with Crippen LogP contribution in [-0.2, 0) is 4.79 Å². The van der Waals surface area contributed by atoms with Gasteiger partial charge >= 0.3 is 0 Å². The first-order chi connectivity index (χ1) is 17.3. The van der Waals surface area contributed by atoms with Gasteiger partial charge in [0.2, 0.25) is 5.95 Å². The van der Waals surface area contributed by atoms with Gasteiger partial charge in [-0.3, -0.25) is 9.69 Å². The van der Waals surface area contributed by atoms with Crippen molar-refractivity contribution in [2.24, 2.45) is 0 Å². The number of anilines is 7. The average molecular weight is 483 g/mol. The highest BCUT2D eigenvalue weighted by Crippen LogP contribution is 2.49. The summed E-state index contributed by atoms with van der Waals surface area (Å²) in [4.78, 5) is 30.2. The zero-order chi connectivity index (χ0) is 25.1. The minimum absolute atomic E-state index is 0.00505. The van der Waals surface area contributed by atoms with Crippen LogP contribution < -0.4 is 30.5 Å². The third kappa shape index (κ3) is 3.29. The molecule has 4 aromatic rings. The second-order valence-corrected chi connectivity index (χ2v) is 9.12. The van der Waals surface area contributed by atoms with Gasteiger partial charge in [-0.1, -0.05) is 6.58 Å². The number of aromatic nitrogens is 3. The smallest absolute Gasteiger partial charge is 0.264 e. The van der Waals surface area contributed by atoms with Crippen molar-refractivity contribution in [3.63, 3.8) is 0 Å². The van der Waals surface area contributed by atoms with Gasteiger partial charge in [0.1, 0.15) is 17.3 Å². The molecule has 2 aliphatic heterocycles. The van der Waals surface area contributed by atoms with Gasteiger partial charge in [0.25, 0.3) is 5.91 Å². The van der Waals surface area contributed by atoms with Crippen LogP contribution in [0.1, 0.15) is 13.8 Å². The molecule has 0 radical (unpaired) electrons. The number of nitrogens with zero attached hydrogens (tertiary/aromatic N) is 5. The Labute approximate surface area is 208 Å². The third-order valence-corrected chi connectivity index (χ3v) is 6.49. The van der Waals surface area contributed by atoms with Gasteiger partial charge in [0, 0.05) is 47.6 Å². The minimum Gasteiger partial charge on any atom is -0.481 e. The number of rotatable bonds is 4. The molecule has 0 fully saturated rings. The fourth-order valence-electron chi connectivity index (χ4n) is 4.74. The number of ether oxygens (including phenoxy) is 1. The number of nitrogens with two attached hydrogens (primary N) is 1. The number of carbonyl (C=O) groups is 1. The Hall–Kier alpha value is -4.73. The molecule has 0 aliphatic carbocycles. The Morgan fingerprint density at radius 1 is 1.17 bits per heavy atom. The van der Waals surface area contributed by atoms with Gasteiger partial charge < -0.3 is 30.6 Å². The zero-order valence-corrected chi connectivity index (χ0v) is 20.2. The normalized spacial score (nSPS) is 14.9. The molecule has 36 heavy (non-hydrogen) atoms. The quantitative estimate of drug-likeness (QED) is 0.390. The topological polar surface area (TPSA) is 116 Å². The average Bonchev–Trinajstić information content (AvgIpc) is 3.43. The number of likely N-dealkylation sites (N-methyl/N-ethyl adjacent to an activating group) is 1. The Morgan fingerprint density at radius 3 is 2.81 bits per heavy atom. The van der Waals surface area contributed by atoms with E-state index in [-0.39, 0.29) is 18.6 Å². The predicted octanol–water partition coefficient (Wildman–Crippen LogP) is 4.48. The fourth-order valence-corrected chi connectivity index (χ4v) is 4.74. The van der Waals surface area contributed by atoms with Crippen LogP contribution in [-0.4, -0.2) is 40.6 Å². The maximum absolute atomic E-state index is 11.9. The maximum Gasteiger partial charge on any atom is 0.264 e. The lowest BCUT2D eigenvalue weighted by molar-refractivity contribution is -0.120. The lowest BCUT2D eigenvalue weighted by Crippen LogP contribution is -2.35. The van der Waals surface area contributed by atoms with Crippen LogP contribution in [0.3, 0.4) is 0 Å². The van der Waals surface area contributed by atoms with E-state index in [1.807, 2.05) is 47.5 Å². The number of hydrogen-bond donors (Lipinski definition) is 3. The molecule has 10 heteroatoms. The van der Waals surface area contributed by atoms with Crippen LogP contribution in [0.15, 0.2) is 61.1 Å². The Bertz CT molecular complexity index is 1540. The summed E-state index contributed by atoms with van der Waals surface area (Å²) >= 11 is 0. The number of aromatic amines is 1. The summed E-state index contributed by atoms with van der Waals surface area (Å²) in [5.41, 5.74) is 10.7. The molecule has 0 saturated carbocycles. The summed E-state index contributed by atoms with van der Waals surface area (Å²) < 4.78 is 5.61. The van der Waals surface area contributed by atoms with E-state index in [1.54, 1.807) is 11.9 Å². The monoisotopic (exact) mass is 482 g/mol. The van der Waals surface area contributed by atoms with Crippen LogP contribution in [0.25, 0.3) is 10.9 Å². The summed E-state index contributed by atoms with van der Waals surface area (Å²) in [6.07, 6.45) is 1.92. The molecule has 2 aromatic heterocycles. The molecule has 0 spiro atoms. The van der Waals surface area contributed by atoms with Gasteiger partial charge in [0.05, 0.1) is 5.69 Å². The number of amides is 1. The van der Waals surface area contributed by atoms with E-state index in [9.17, 15) is 4.79 Å². The first-order valence-corrected chi connectivity index (χ1v) is 11.6. The summed E-state index contributed by atoms with van der Waals surface area (Å²) in [6.45, 7) is 8.53. The summed E-state index contributed by atoms with van der Waals surface area (Å²) in [6, 6.07) is 13.8. The lowest BCUT2D eigenvalue weighted by Gasteiger charge is -2.26. The van der Waals surface area contributed by atoms with Crippen molar-refractivity contribution in [2.45, 2.75) is 19.9 Å². The standard InChI is InChI=1S/C26H26N8O2/c1-14(2)33-15(3)34(18-6-7-19-16(11-18)9-10-28-19)23-24(27)30-26(31-25(23)33)29-17-5-8-20-21(12-17)36-13-22(35)32(20)4/h5-12,14,28H,3,13H2,1-2,4H3,(H3,27,29,30,31). The van der Waals surface area contributed by atoms with Gasteiger partial charge in [-0.05, 0) is 50.2 Å². The van der Waals surface area contributed by atoms with Crippen molar-refractivity contribution >= 4 is 57.1 Å². The minimum atomic E-state index is -0.0906. The van der Waals surface area contributed by atoms with E-state index in [0.717, 1.165) is 28.1 Å². The molecule has 2 aromatic carbocycles. The van der Waals surface area contributed by atoms with Gasteiger partial charge in [0.15, 0.2) is 18.2 Å². The highest BCUT2D eigenvalue weighted by molar-refractivity contribution is 5.98. The molecule has 0 atom stereocenters. The molecule has 0 bridgehead atoms. The lowest BCUT2D eigenvalue weighted by atomic mass is 10.2. The number of nitrogens with one attached hydrogen (secondary N) is 2. The van der Waals surface area contributed by atoms with Crippen LogP contribution in [0.4, 0.5) is 40.3 Å². The molecule has 1 amide bonds. The second-order valence-electron chi connectivity index (χ2n) is 9.12. The zero-order valence-electron chi connectivity index (χ0n) is 20.2. The van der Waals surface area contributed by atoms with Crippen LogP contribution >= 0.6 is 0 Å². The summed E-state index contributed by atoms with van der Waals surface area (Å²) in [5, 5.41) is 4.32. The predicted molar refractivity (Wildman–Crippen MR) is 142 cm³/mol. The highest BCUT2D eigenvalue weighted by Gasteiger charge is 2.37. The van der Waals surface area contributed by atoms with Crippen molar-refractivity contribution in [3.8, 4) is 5.75 Å². The van der Waals surface area contributed by atoms with Crippen molar-refractivity contribution in [3.05, 3.63) is 61.1 Å². The molecule has 4 N–H and O–H groups in total. The SMILES string of the molecule is C=C1N(c2ccc3[nH]ccc3c2)c2c(N)nc(Nc3ccc4c(c3)OCC(=O)N4C)nc2N1C(C)C. The molecular formula is C26H26N8O2. The number of hydrogen-bond acceptors (Lipinski definition) is 8. The Kier molecular flexibility index (Phi) is 4.78. The Morgan fingerprint density at radius 2 is 2.00 bits per heavy atom.